The number of nitrogens with zero attached hydrogens (tertiary/aromatic N) is 2. The fourth-order valence-corrected chi connectivity index (χ4v) is 1.82. The summed E-state index contributed by atoms with van der Waals surface area (Å²) in [7, 11) is 3.95. The van der Waals surface area contributed by atoms with Crippen LogP contribution < -0.4 is 10.3 Å². The largest absolute Gasteiger partial charge is 0.444 e. The molecule has 0 spiro atoms. The number of hydrogen-bond acceptors (Lipinski definition) is 4. The van der Waals surface area contributed by atoms with Crippen LogP contribution in [0.2, 0.25) is 0 Å². The Hall–Kier alpha value is -2.08. The van der Waals surface area contributed by atoms with Gasteiger partial charge >= 0.3 is 5.91 Å². The first kappa shape index (κ1) is 14.3. The van der Waals surface area contributed by atoms with Crippen LogP contribution in [-0.2, 0) is 0 Å². The molecule has 1 aromatic carbocycles. The predicted molar refractivity (Wildman–Crippen MR) is 82.2 cm³/mol. The maximum absolute atomic E-state index is 11.6. The van der Waals surface area contributed by atoms with E-state index in [1.54, 1.807) is 18.3 Å². The van der Waals surface area contributed by atoms with Gasteiger partial charge in [0.25, 0.3) is 0 Å². The van der Waals surface area contributed by atoms with Crippen molar-refractivity contribution >= 4 is 33.7 Å². The number of anilines is 1. The maximum atomic E-state index is 11.6. The first-order valence-electron chi connectivity index (χ1n) is 5.92. The molecule has 0 aliphatic heterocycles. The molecule has 0 radical (unpaired) electrons. The molecule has 1 N–H and O–H groups in total. The van der Waals surface area contributed by atoms with Gasteiger partial charge in [-0.3, -0.25) is 4.79 Å². The van der Waals surface area contributed by atoms with Gasteiger partial charge in [0.15, 0.2) is 10.4 Å². The van der Waals surface area contributed by atoms with E-state index in [1.165, 1.54) is 0 Å². The topological polar surface area (TPSA) is 57.8 Å². The highest BCUT2D eigenvalue weighted by Gasteiger charge is 2.08. The first-order chi connectivity index (χ1) is 9.56. The number of carbonyl (C=O) groups excluding carboxylic acids is 1. The van der Waals surface area contributed by atoms with E-state index in [4.69, 9.17) is 4.42 Å². The van der Waals surface area contributed by atoms with Crippen molar-refractivity contribution in [2.45, 2.75) is 0 Å². The molecule has 0 saturated carbocycles. The summed E-state index contributed by atoms with van der Waals surface area (Å²) in [5.74, 6) is -0.186. The van der Waals surface area contributed by atoms with Gasteiger partial charge < -0.3 is 9.32 Å². The number of halogens is 1. The van der Waals surface area contributed by atoms with Gasteiger partial charge in [-0.1, -0.05) is 12.1 Å². The lowest BCUT2D eigenvalue weighted by atomic mass is 10.2. The molecular weight excluding hydrogens is 322 g/mol. The number of amides is 1. The summed E-state index contributed by atoms with van der Waals surface area (Å²) in [5.41, 5.74) is 4.41. The molecule has 2 aromatic rings. The third-order valence-electron chi connectivity index (χ3n) is 2.59. The van der Waals surface area contributed by atoms with Crippen molar-refractivity contribution in [1.29, 1.82) is 0 Å². The number of benzene rings is 1. The van der Waals surface area contributed by atoms with E-state index in [0.717, 1.165) is 11.3 Å². The fraction of sp³-hybridized carbons (Fsp3) is 0.143. The average molecular weight is 336 g/mol. The van der Waals surface area contributed by atoms with Crippen molar-refractivity contribution in [3.05, 3.63) is 52.4 Å². The third-order valence-corrected chi connectivity index (χ3v) is 3.01. The second kappa shape index (κ2) is 6.38. The Morgan fingerprint density at radius 2 is 1.95 bits per heavy atom. The van der Waals surface area contributed by atoms with Crippen molar-refractivity contribution < 1.29 is 9.21 Å². The quantitative estimate of drug-likeness (QED) is 0.690. The molecule has 104 valence electrons. The second-order valence-corrected chi connectivity index (χ2v) is 5.07. The van der Waals surface area contributed by atoms with E-state index in [-0.39, 0.29) is 5.76 Å². The highest BCUT2D eigenvalue weighted by Crippen LogP contribution is 2.13. The molecule has 20 heavy (non-hydrogen) atoms. The third kappa shape index (κ3) is 3.71. The van der Waals surface area contributed by atoms with E-state index in [9.17, 15) is 4.79 Å². The normalized spacial score (nSPS) is 10.8. The number of carbonyl (C=O) groups is 1. The van der Waals surface area contributed by atoms with Crippen LogP contribution in [0.4, 0.5) is 5.69 Å². The smallest absolute Gasteiger partial charge is 0.307 e. The standard InChI is InChI=1S/C14H14BrN3O2/c1-18(2)11-5-3-10(4-6-11)9-16-17-14(19)12-7-8-13(15)20-12/h3-9H,1-2H3,(H,17,19)/b16-9-. The number of nitrogens with one attached hydrogen (secondary N) is 1. The van der Waals surface area contributed by atoms with Gasteiger partial charge in [-0.15, -0.1) is 0 Å². The molecule has 0 fully saturated rings. The van der Waals surface area contributed by atoms with Crippen molar-refractivity contribution in [1.82, 2.24) is 5.43 Å². The molecule has 0 bridgehead atoms. The van der Waals surface area contributed by atoms with Gasteiger partial charge in [0.05, 0.1) is 6.21 Å². The van der Waals surface area contributed by atoms with Crippen LogP contribution in [0.15, 0.2) is 50.6 Å². The molecule has 2 rings (SSSR count). The minimum Gasteiger partial charge on any atom is -0.444 e. The molecular formula is C14H14BrN3O2. The van der Waals surface area contributed by atoms with Crippen molar-refractivity contribution in [2.75, 3.05) is 19.0 Å². The molecule has 5 nitrogen and oxygen atoms in total. The lowest BCUT2D eigenvalue weighted by molar-refractivity contribution is 0.0926. The minimum absolute atomic E-state index is 0.206. The van der Waals surface area contributed by atoms with Crippen LogP contribution in [0, 0.1) is 0 Å². The second-order valence-electron chi connectivity index (χ2n) is 4.29. The van der Waals surface area contributed by atoms with Gasteiger partial charge in [-0.2, -0.15) is 5.10 Å². The van der Waals surface area contributed by atoms with E-state index in [0.29, 0.717) is 4.67 Å². The lowest BCUT2D eigenvalue weighted by Crippen LogP contribution is -2.16. The monoisotopic (exact) mass is 335 g/mol. The molecule has 6 heteroatoms. The summed E-state index contributed by atoms with van der Waals surface area (Å²) in [5, 5.41) is 3.89. The molecule has 1 aromatic heterocycles. The summed E-state index contributed by atoms with van der Waals surface area (Å²) in [4.78, 5) is 13.7. The van der Waals surface area contributed by atoms with E-state index in [1.807, 2.05) is 43.3 Å². The van der Waals surface area contributed by atoms with Gasteiger partial charge in [0.1, 0.15) is 0 Å². The summed E-state index contributed by atoms with van der Waals surface area (Å²) < 4.78 is 5.62. The highest BCUT2D eigenvalue weighted by molar-refractivity contribution is 9.10. The summed E-state index contributed by atoms with van der Waals surface area (Å²) in [6.07, 6.45) is 1.58. The van der Waals surface area contributed by atoms with Crippen LogP contribution in [0.5, 0.6) is 0 Å². The Kier molecular flexibility index (Phi) is 4.57. The van der Waals surface area contributed by atoms with Gasteiger partial charge in [-0.25, -0.2) is 5.43 Å². The van der Waals surface area contributed by atoms with Gasteiger partial charge in [0.2, 0.25) is 0 Å². The fourth-order valence-electron chi connectivity index (χ4n) is 1.52. The van der Waals surface area contributed by atoms with Gasteiger partial charge in [0, 0.05) is 19.8 Å². The Morgan fingerprint density at radius 3 is 2.50 bits per heavy atom. The zero-order valence-corrected chi connectivity index (χ0v) is 12.7. The Balaban J connectivity index is 1.94. The molecule has 0 aliphatic rings. The molecule has 0 saturated heterocycles. The first-order valence-corrected chi connectivity index (χ1v) is 6.71. The average Bonchev–Trinajstić information content (AvgIpc) is 2.86. The summed E-state index contributed by atoms with van der Waals surface area (Å²) in [6, 6.07) is 11.0. The number of hydrogen-bond donors (Lipinski definition) is 1. The van der Waals surface area contributed by atoms with Crippen molar-refractivity contribution in [3.8, 4) is 0 Å². The Morgan fingerprint density at radius 1 is 1.25 bits per heavy atom. The number of rotatable bonds is 4. The van der Waals surface area contributed by atoms with Crippen LogP contribution in [-0.4, -0.2) is 26.2 Å². The minimum atomic E-state index is -0.392. The summed E-state index contributed by atoms with van der Waals surface area (Å²) >= 11 is 3.13. The van der Waals surface area contributed by atoms with Gasteiger partial charge in [-0.05, 0) is 45.8 Å². The van der Waals surface area contributed by atoms with Crippen LogP contribution in [0.1, 0.15) is 16.1 Å². The van der Waals surface area contributed by atoms with E-state index < -0.39 is 5.91 Å². The van der Waals surface area contributed by atoms with Crippen molar-refractivity contribution in [3.63, 3.8) is 0 Å². The molecule has 0 atom stereocenters. The highest BCUT2D eigenvalue weighted by atomic mass is 79.9. The molecule has 1 heterocycles. The SMILES string of the molecule is CN(C)c1ccc(/C=N\NC(=O)c2ccc(Br)o2)cc1. The molecule has 0 aliphatic carbocycles. The molecule has 0 unspecified atom stereocenters. The maximum Gasteiger partial charge on any atom is 0.307 e. The van der Waals surface area contributed by atoms with Crippen LogP contribution in [0.3, 0.4) is 0 Å². The lowest BCUT2D eigenvalue weighted by Gasteiger charge is -2.11. The predicted octanol–water partition coefficient (Wildman–Crippen LogP) is 2.87. The molecule has 1 amide bonds. The zero-order valence-electron chi connectivity index (χ0n) is 11.1. The number of furan rings is 1. The van der Waals surface area contributed by atoms with Crippen LogP contribution >= 0.6 is 15.9 Å². The van der Waals surface area contributed by atoms with E-state index >= 15 is 0 Å². The summed E-state index contributed by atoms with van der Waals surface area (Å²) in [6.45, 7) is 0. The van der Waals surface area contributed by atoms with Crippen molar-refractivity contribution in [2.24, 2.45) is 5.10 Å². The Bertz CT molecular complexity index is 618. The van der Waals surface area contributed by atoms with Crippen LogP contribution in [0.25, 0.3) is 0 Å². The Labute approximate surface area is 125 Å². The number of hydrazone groups is 1. The van der Waals surface area contributed by atoms with E-state index in [2.05, 4.69) is 26.5 Å². The zero-order chi connectivity index (χ0) is 14.5.